The molecule has 0 bridgehead atoms. The van der Waals surface area contributed by atoms with Crippen LogP contribution in [0.4, 0.5) is 0 Å². The Labute approximate surface area is 157 Å². The monoisotopic (exact) mass is 395 g/mol. The lowest BCUT2D eigenvalue weighted by molar-refractivity contribution is 0.102. The summed E-state index contributed by atoms with van der Waals surface area (Å²) in [6.07, 6.45) is 0.233. The molecule has 1 aromatic heterocycles. The number of ketones is 1. The van der Waals surface area contributed by atoms with Crippen LogP contribution in [0.15, 0.2) is 47.4 Å². The van der Waals surface area contributed by atoms with E-state index in [9.17, 15) is 15.0 Å². The van der Waals surface area contributed by atoms with Gasteiger partial charge in [-0.3, -0.25) is 9.69 Å². The molecule has 0 aliphatic carbocycles. The number of thiazole rings is 1. The van der Waals surface area contributed by atoms with Crippen molar-refractivity contribution in [1.82, 2.24) is 9.88 Å². The van der Waals surface area contributed by atoms with Crippen LogP contribution in [-0.4, -0.2) is 50.1 Å². The lowest BCUT2D eigenvalue weighted by Crippen LogP contribution is -2.33. The zero-order valence-electron chi connectivity index (χ0n) is 13.1. The maximum atomic E-state index is 12.1. The number of aliphatic hydroxyl groups is 2. The van der Waals surface area contributed by atoms with Crippen molar-refractivity contribution in [2.75, 3.05) is 12.8 Å². The molecule has 0 spiro atoms. The highest BCUT2D eigenvalue weighted by Gasteiger charge is 2.28. The lowest BCUT2D eigenvalue weighted by atomic mass is 10.0. The van der Waals surface area contributed by atoms with Gasteiger partial charge >= 0.3 is 0 Å². The number of thioether (sulfide) groups is 1. The van der Waals surface area contributed by atoms with E-state index in [1.54, 1.807) is 19.2 Å². The maximum absolute atomic E-state index is 12.1. The fraction of sp³-hybridized carbons (Fsp3) is 0.188. The van der Waals surface area contributed by atoms with E-state index >= 15 is 0 Å². The minimum atomic E-state index is -1.20. The van der Waals surface area contributed by atoms with Gasteiger partial charge in [0.15, 0.2) is 21.6 Å². The molecule has 1 aliphatic rings. The van der Waals surface area contributed by atoms with Gasteiger partial charge in [0.25, 0.3) is 0 Å². The number of amidine groups is 1. The lowest BCUT2D eigenvalue weighted by Gasteiger charge is -2.28. The van der Waals surface area contributed by atoms with Gasteiger partial charge in [0.2, 0.25) is 5.88 Å². The number of hydrogen-bond acceptors (Lipinski definition) is 8. The number of hydrogen-bond donors (Lipinski definition) is 2. The zero-order valence-corrected chi connectivity index (χ0v) is 15.5. The van der Waals surface area contributed by atoms with Crippen LogP contribution in [0, 0.1) is 0 Å². The van der Waals surface area contributed by atoms with Gasteiger partial charge < -0.3 is 10.2 Å². The van der Waals surface area contributed by atoms with Gasteiger partial charge in [-0.05, 0) is 5.56 Å². The zero-order chi connectivity index (χ0) is 18.0. The van der Waals surface area contributed by atoms with Crippen molar-refractivity contribution in [3.05, 3.63) is 57.3 Å². The van der Waals surface area contributed by atoms with Gasteiger partial charge in [-0.15, -0.1) is 0 Å². The first-order valence-electron chi connectivity index (χ1n) is 7.23. The van der Waals surface area contributed by atoms with Gasteiger partial charge in [-0.2, -0.15) is 0 Å². The van der Waals surface area contributed by atoms with Gasteiger partial charge in [-0.1, -0.05) is 65.0 Å². The number of benzene rings is 1. The molecule has 25 heavy (non-hydrogen) atoms. The third-order valence-electron chi connectivity index (χ3n) is 3.51. The standard InChI is InChI=1S/C16H14ClN3O3S2/c1-20-14(23)12(9-5-3-2-4-6-9)13(22)19-16(20)24-8-10(21)11-7-18-15(17)25-11/h2-7,13,22-23H,8H2,1H3. The second-order valence-corrected chi connectivity index (χ2v) is 7.69. The molecule has 0 saturated carbocycles. The Hall–Kier alpha value is -1.87. The second kappa shape index (κ2) is 7.57. The number of Topliss-reactive ketones (excluding diaryl/α,β-unsaturated/α-hetero) is 1. The quantitative estimate of drug-likeness (QED) is 0.773. The molecule has 2 heterocycles. The Morgan fingerprint density at radius 2 is 2.12 bits per heavy atom. The molecule has 1 unspecified atom stereocenters. The van der Waals surface area contributed by atoms with E-state index in [1.807, 2.05) is 18.2 Å². The average Bonchev–Trinajstić information content (AvgIpc) is 3.04. The molecule has 0 radical (unpaired) electrons. The smallest absolute Gasteiger partial charge is 0.201 e. The van der Waals surface area contributed by atoms with Gasteiger partial charge in [0.05, 0.1) is 22.4 Å². The normalized spacial score (nSPS) is 17.6. The van der Waals surface area contributed by atoms with E-state index in [1.165, 1.54) is 11.1 Å². The van der Waals surface area contributed by atoms with Crippen LogP contribution in [0.1, 0.15) is 15.2 Å². The third-order valence-corrected chi connectivity index (χ3v) is 5.71. The van der Waals surface area contributed by atoms with Crippen molar-refractivity contribution >= 4 is 51.2 Å². The molecule has 0 amide bonds. The van der Waals surface area contributed by atoms with Crippen molar-refractivity contribution in [3.8, 4) is 0 Å². The fourth-order valence-electron chi connectivity index (χ4n) is 2.26. The third kappa shape index (κ3) is 3.87. The Bertz CT molecular complexity index is 851. The van der Waals surface area contributed by atoms with Crippen molar-refractivity contribution < 1.29 is 15.0 Å². The van der Waals surface area contributed by atoms with E-state index in [2.05, 4.69) is 9.98 Å². The van der Waals surface area contributed by atoms with Gasteiger partial charge in [0.1, 0.15) is 0 Å². The molecule has 6 nitrogen and oxygen atoms in total. The minimum Gasteiger partial charge on any atom is -0.494 e. The summed E-state index contributed by atoms with van der Waals surface area (Å²) < 4.78 is 0.309. The van der Waals surface area contributed by atoms with Crippen LogP contribution in [0.3, 0.4) is 0 Å². The summed E-state index contributed by atoms with van der Waals surface area (Å²) >= 11 is 7.98. The van der Waals surface area contributed by atoms with E-state index in [4.69, 9.17) is 11.6 Å². The van der Waals surface area contributed by atoms with Crippen LogP contribution in [0.5, 0.6) is 0 Å². The van der Waals surface area contributed by atoms with E-state index in [0.717, 1.165) is 23.1 Å². The topological polar surface area (TPSA) is 86.0 Å². The molecule has 3 rings (SSSR count). The molecule has 1 aromatic carbocycles. The number of aromatic nitrogens is 1. The number of aliphatic hydroxyl groups excluding tert-OH is 2. The number of carbonyl (C=O) groups excluding carboxylic acids is 1. The SMILES string of the molecule is CN1C(SCC(=O)c2cnc(Cl)s2)=NC(O)C(c2ccccc2)=C1O. The highest BCUT2D eigenvalue weighted by atomic mass is 35.5. The molecule has 0 saturated heterocycles. The number of carbonyl (C=O) groups is 1. The summed E-state index contributed by atoms with van der Waals surface area (Å²) in [7, 11) is 1.63. The second-order valence-electron chi connectivity index (χ2n) is 5.14. The molecule has 0 fully saturated rings. The van der Waals surface area contributed by atoms with Gasteiger partial charge in [0, 0.05) is 7.05 Å². The Kier molecular flexibility index (Phi) is 5.43. The minimum absolute atomic E-state index is 0.0931. The molecule has 130 valence electrons. The Morgan fingerprint density at radius 3 is 2.76 bits per heavy atom. The first kappa shape index (κ1) is 17.9. The number of halogens is 1. The van der Waals surface area contributed by atoms with Gasteiger partial charge in [-0.25, -0.2) is 9.98 Å². The summed E-state index contributed by atoms with van der Waals surface area (Å²) in [5.41, 5.74) is 1.01. The molecule has 1 aliphatic heterocycles. The summed E-state index contributed by atoms with van der Waals surface area (Å²) in [6, 6.07) is 9.05. The number of rotatable bonds is 4. The summed E-state index contributed by atoms with van der Waals surface area (Å²) in [5, 5.41) is 21.1. The molecule has 1 atom stereocenters. The highest BCUT2D eigenvalue weighted by molar-refractivity contribution is 8.14. The molecular weight excluding hydrogens is 382 g/mol. The van der Waals surface area contributed by atoms with Crippen molar-refractivity contribution in [3.63, 3.8) is 0 Å². The average molecular weight is 396 g/mol. The van der Waals surface area contributed by atoms with Crippen LogP contribution < -0.4 is 0 Å². The largest absolute Gasteiger partial charge is 0.494 e. The van der Waals surface area contributed by atoms with Crippen molar-refractivity contribution in [1.29, 1.82) is 0 Å². The maximum Gasteiger partial charge on any atom is 0.201 e. The molecule has 2 N–H and O–H groups in total. The Balaban J connectivity index is 1.73. The van der Waals surface area contributed by atoms with E-state index < -0.39 is 6.23 Å². The van der Waals surface area contributed by atoms with E-state index in [0.29, 0.717) is 25.6 Å². The number of aliphatic imine (C=N–C) groups is 1. The summed E-state index contributed by atoms with van der Waals surface area (Å²) in [4.78, 5) is 22.1. The van der Waals surface area contributed by atoms with Crippen molar-refractivity contribution in [2.24, 2.45) is 4.99 Å². The summed E-state index contributed by atoms with van der Waals surface area (Å²) in [5.74, 6) is -0.135. The highest BCUT2D eigenvalue weighted by Crippen LogP contribution is 2.30. The molecule has 2 aromatic rings. The fourth-order valence-corrected chi connectivity index (χ4v) is 4.09. The molecular formula is C16H14ClN3O3S2. The van der Waals surface area contributed by atoms with Crippen LogP contribution in [0.25, 0.3) is 5.57 Å². The first-order chi connectivity index (χ1) is 12.0. The van der Waals surface area contributed by atoms with Crippen LogP contribution >= 0.6 is 34.7 Å². The van der Waals surface area contributed by atoms with E-state index in [-0.39, 0.29) is 17.4 Å². The summed E-state index contributed by atoms with van der Waals surface area (Å²) in [6.45, 7) is 0. The van der Waals surface area contributed by atoms with Crippen molar-refractivity contribution in [2.45, 2.75) is 6.23 Å². The first-order valence-corrected chi connectivity index (χ1v) is 9.41. The van der Waals surface area contributed by atoms with Crippen LogP contribution in [0.2, 0.25) is 4.47 Å². The Morgan fingerprint density at radius 1 is 1.40 bits per heavy atom. The predicted octanol–water partition coefficient (Wildman–Crippen LogP) is 3.26. The predicted molar refractivity (Wildman–Crippen MR) is 101 cm³/mol. The number of nitrogens with zero attached hydrogens (tertiary/aromatic N) is 3. The molecule has 9 heteroatoms. The van der Waals surface area contributed by atoms with Crippen LogP contribution in [-0.2, 0) is 0 Å².